The van der Waals surface area contributed by atoms with Gasteiger partial charge in [-0.3, -0.25) is 13.9 Å². The van der Waals surface area contributed by atoms with E-state index in [4.69, 9.17) is 23.2 Å². The van der Waals surface area contributed by atoms with Crippen molar-refractivity contribution in [2.45, 2.75) is 45.8 Å². The van der Waals surface area contributed by atoms with E-state index >= 15 is 0 Å². The van der Waals surface area contributed by atoms with E-state index in [0.29, 0.717) is 21.0 Å². The van der Waals surface area contributed by atoms with Gasteiger partial charge in [0, 0.05) is 18.2 Å². The van der Waals surface area contributed by atoms with Gasteiger partial charge in [0.1, 0.15) is 12.6 Å². The van der Waals surface area contributed by atoms with Crippen molar-refractivity contribution in [1.29, 1.82) is 0 Å². The normalized spacial score (nSPS) is 12.7. The SMILES string of the molecule is C[C@@H](C(=O)NC(C)(C)C)N(Cc1ccc(Cl)c(Cl)c1)C(=O)CN(c1ccc(F)c(F)c1)S(C)(=O)=O. The minimum atomic E-state index is -4.08. The highest BCUT2D eigenvalue weighted by molar-refractivity contribution is 7.92. The van der Waals surface area contributed by atoms with Crippen LogP contribution < -0.4 is 9.62 Å². The molecule has 0 aliphatic heterocycles. The molecule has 0 aliphatic carbocycles. The molecule has 0 spiro atoms. The number of amides is 2. The van der Waals surface area contributed by atoms with Gasteiger partial charge in [-0.15, -0.1) is 0 Å². The second-order valence-corrected chi connectivity index (χ2v) is 11.8. The molecule has 0 heterocycles. The van der Waals surface area contributed by atoms with Crippen LogP contribution in [0.4, 0.5) is 14.5 Å². The Morgan fingerprint density at radius 2 is 1.66 bits per heavy atom. The van der Waals surface area contributed by atoms with Gasteiger partial charge in [-0.2, -0.15) is 0 Å². The predicted octanol–water partition coefficient (Wildman–Crippen LogP) is 4.37. The third kappa shape index (κ3) is 8.05. The van der Waals surface area contributed by atoms with Crippen LogP contribution in [0.15, 0.2) is 36.4 Å². The molecule has 2 amide bonds. The summed E-state index contributed by atoms with van der Waals surface area (Å²) < 4.78 is 52.7. The topological polar surface area (TPSA) is 86.8 Å². The molecule has 0 fully saturated rings. The number of hydrogen-bond donors (Lipinski definition) is 1. The average molecular weight is 550 g/mol. The molecule has 0 aromatic heterocycles. The Balaban J connectivity index is 2.45. The summed E-state index contributed by atoms with van der Waals surface area (Å²) in [6.07, 6.45) is 0.834. The van der Waals surface area contributed by atoms with Gasteiger partial charge in [0.05, 0.1) is 22.0 Å². The van der Waals surface area contributed by atoms with E-state index in [1.54, 1.807) is 26.8 Å². The van der Waals surface area contributed by atoms with E-state index < -0.39 is 51.6 Å². The molecule has 1 N–H and O–H groups in total. The van der Waals surface area contributed by atoms with Gasteiger partial charge >= 0.3 is 0 Å². The summed E-state index contributed by atoms with van der Waals surface area (Å²) in [6, 6.07) is 6.16. The van der Waals surface area contributed by atoms with Crippen LogP contribution in [0, 0.1) is 11.6 Å². The smallest absolute Gasteiger partial charge is 0.244 e. The number of anilines is 1. The minimum absolute atomic E-state index is 0.0934. The van der Waals surface area contributed by atoms with Crippen LogP contribution in [0.1, 0.15) is 33.3 Å². The van der Waals surface area contributed by atoms with Crippen molar-refractivity contribution in [1.82, 2.24) is 10.2 Å². The van der Waals surface area contributed by atoms with Crippen LogP contribution in [-0.2, 0) is 26.2 Å². The van der Waals surface area contributed by atoms with Crippen LogP contribution in [0.25, 0.3) is 0 Å². The zero-order valence-electron chi connectivity index (χ0n) is 19.9. The number of hydrogen-bond acceptors (Lipinski definition) is 4. The molecule has 0 unspecified atom stereocenters. The van der Waals surface area contributed by atoms with Crippen molar-refractivity contribution in [2.75, 3.05) is 17.1 Å². The van der Waals surface area contributed by atoms with Gasteiger partial charge in [-0.25, -0.2) is 17.2 Å². The summed E-state index contributed by atoms with van der Waals surface area (Å²) in [7, 11) is -4.08. The molecular weight excluding hydrogens is 523 g/mol. The quantitative estimate of drug-likeness (QED) is 0.529. The number of rotatable bonds is 8. The number of benzene rings is 2. The molecule has 2 aromatic carbocycles. The first-order valence-corrected chi connectivity index (χ1v) is 13.1. The van der Waals surface area contributed by atoms with Crippen molar-refractivity contribution in [2.24, 2.45) is 0 Å². The van der Waals surface area contributed by atoms with E-state index in [0.717, 1.165) is 18.4 Å². The van der Waals surface area contributed by atoms with Crippen molar-refractivity contribution in [3.63, 3.8) is 0 Å². The van der Waals surface area contributed by atoms with Gasteiger partial charge in [0.25, 0.3) is 0 Å². The molecule has 192 valence electrons. The molecule has 0 aliphatic rings. The fourth-order valence-electron chi connectivity index (χ4n) is 3.15. The Morgan fingerprint density at radius 1 is 1.03 bits per heavy atom. The first-order valence-electron chi connectivity index (χ1n) is 10.5. The van der Waals surface area contributed by atoms with E-state index in [1.165, 1.54) is 24.0 Å². The second kappa shape index (κ2) is 11.1. The third-order valence-corrected chi connectivity index (χ3v) is 6.75. The summed E-state index contributed by atoms with van der Waals surface area (Å²) in [5, 5.41) is 3.32. The maximum Gasteiger partial charge on any atom is 0.244 e. The summed E-state index contributed by atoms with van der Waals surface area (Å²) in [5.41, 5.74) is -0.281. The summed E-state index contributed by atoms with van der Waals surface area (Å²) in [6.45, 7) is 5.98. The van der Waals surface area contributed by atoms with Crippen LogP contribution >= 0.6 is 23.2 Å². The zero-order chi connectivity index (χ0) is 26.7. The number of halogens is 4. The highest BCUT2D eigenvalue weighted by Gasteiger charge is 2.31. The number of carbonyl (C=O) groups excluding carboxylic acids is 2. The molecule has 0 radical (unpaired) electrons. The third-order valence-electron chi connectivity index (χ3n) is 4.87. The van der Waals surface area contributed by atoms with Gasteiger partial charge in [0.2, 0.25) is 21.8 Å². The number of nitrogens with zero attached hydrogens (tertiary/aromatic N) is 2. The van der Waals surface area contributed by atoms with Crippen molar-refractivity contribution < 1.29 is 26.8 Å². The minimum Gasteiger partial charge on any atom is -0.350 e. The molecule has 0 saturated heterocycles. The predicted molar refractivity (Wildman–Crippen MR) is 133 cm³/mol. The molecule has 12 heteroatoms. The van der Waals surface area contributed by atoms with E-state index in [2.05, 4.69) is 5.32 Å². The van der Waals surface area contributed by atoms with Crippen LogP contribution in [0.5, 0.6) is 0 Å². The van der Waals surface area contributed by atoms with Crippen LogP contribution in [0.3, 0.4) is 0 Å². The summed E-state index contributed by atoms with van der Waals surface area (Å²) in [5.74, 6) is -3.65. The van der Waals surface area contributed by atoms with Gasteiger partial charge < -0.3 is 10.2 Å². The fourth-order valence-corrected chi connectivity index (χ4v) is 4.31. The van der Waals surface area contributed by atoms with Crippen LogP contribution in [-0.4, -0.2) is 49.5 Å². The summed E-state index contributed by atoms with van der Waals surface area (Å²) >= 11 is 12.1. The molecule has 1 atom stereocenters. The Kier molecular flexibility index (Phi) is 9.13. The van der Waals surface area contributed by atoms with Crippen LogP contribution in [0.2, 0.25) is 10.0 Å². The number of sulfonamides is 1. The molecule has 35 heavy (non-hydrogen) atoms. The highest BCUT2D eigenvalue weighted by Crippen LogP contribution is 2.25. The maximum atomic E-state index is 13.8. The highest BCUT2D eigenvalue weighted by atomic mass is 35.5. The molecule has 0 bridgehead atoms. The summed E-state index contributed by atoms with van der Waals surface area (Å²) in [4.78, 5) is 27.5. The first kappa shape index (κ1) is 28.8. The number of carbonyl (C=O) groups is 2. The molecule has 7 nitrogen and oxygen atoms in total. The van der Waals surface area contributed by atoms with Crippen molar-refractivity contribution >= 4 is 50.7 Å². The fraction of sp³-hybridized carbons (Fsp3) is 0.391. The number of nitrogens with one attached hydrogen (secondary N) is 1. The van der Waals surface area contributed by atoms with E-state index in [9.17, 15) is 26.8 Å². The van der Waals surface area contributed by atoms with Gasteiger partial charge in [0.15, 0.2) is 11.6 Å². The maximum absolute atomic E-state index is 13.8. The van der Waals surface area contributed by atoms with Crippen molar-refractivity contribution in [3.8, 4) is 0 Å². The first-order chi connectivity index (χ1) is 16.0. The lowest BCUT2D eigenvalue weighted by Crippen LogP contribution is -2.54. The molecule has 2 rings (SSSR count). The lowest BCUT2D eigenvalue weighted by molar-refractivity contribution is -0.140. The standard InChI is InChI=1S/C23H27Cl2F2N3O4S/c1-14(22(32)28-23(2,3)4)29(12-15-6-8-17(24)18(25)10-15)21(31)13-30(35(5,33)34)16-7-9-19(26)20(27)11-16/h6-11,14H,12-13H2,1-5H3,(H,28,32)/t14-/m0/s1. The zero-order valence-corrected chi connectivity index (χ0v) is 22.2. The van der Waals surface area contributed by atoms with Gasteiger partial charge in [-0.05, 0) is 57.5 Å². The Hall–Kier alpha value is -2.43. The van der Waals surface area contributed by atoms with E-state index in [1.807, 2.05) is 0 Å². The monoisotopic (exact) mass is 549 g/mol. The Labute approximate surface area is 214 Å². The van der Waals surface area contributed by atoms with E-state index in [-0.39, 0.29) is 17.3 Å². The largest absolute Gasteiger partial charge is 0.350 e. The second-order valence-electron chi connectivity index (χ2n) is 9.05. The van der Waals surface area contributed by atoms with Gasteiger partial charge in [-0.1, -0.05) is 29.3 Å². The Morgan fingerprint density at radius 3 is 2.17 bits per heavy atom. The van der Waals surface area contributed by atoms with Crippen molar-refractivity contribution in [3.05, 3.63) is 63.6 Å². The lowest BCUT2D eigenvalue weighted by Gasteiger charge is -2.33. The lowest BCUT2D eigenvalue weighted by atomic mass is 10.1. The average Bonchev–Trinajstić information content (AvgIpc) is 2.72. The molecule has 0 saturated carbocycles. The Bertz CT molecular complexity index is 1220. The molecular formula is C23H27Cl2F2N3O4S. The molecule has 2 aromatic rings.